The van der Waals surface area contributed by atoms with E-state index in [0.29, 0.717) is 12.5 Å². The molecule has 0 bridgehead atoms. The van der Waals surface area contributed by atoms with Gasteiger partial charge in [0.15, 0.2) is 0 Å². The van der Waals surface area contributed by atoms with Crippen molar-refractivity contribution in [1.82, 2.24) is 10.2 Å². The summed E-state index contributed by atoms with van der Waals surface area (Å²) in [6.07, 6.45) is 2.87. The van der Waals surface area contributed by atoms with Crippen LogP contribution in [0.15, 0.2) is 0 Å². The zero-order chi connectivity index (χ0) is 14.0. The van der Waals surface area contributed by atoms with Gasteiger partial charge in [-0.3, -0.25) is 4.79 Å². The summed E-state index contributed by atoms with van der Waals surface area (Å²) in [5, 5.41) is 12.8. The van der Waals surface area contributed by atoms with Crippen LogP contribution in [0, 0.1) is 11.3 Å². The number of amides is 1. The number of carbonyl (C=O) groups is 1. The molecule has 4 nitrogen and oxygen atoms in total. The van der Waals surface area contributed by atoms with Crippen LogP contribution < -0.4 is 5.32 Å². The Labute approximate surface area is 111 Å². The molecular formula is C14H28N2O2. The number of nitrogens with one attached hydrogen (secondary N) is 1. The van der Waals surface area contributed by atoms with Crippen LogP contribution in [0.3, 0.4) is 0 Å². The van der Waals surface area contributed by atoms with Crippen molar-refractivity contribution < 1.29 is 9.90 Å². The predicted molar refractivity (Wildman–Crippen MR) is 73.3 cm³/mol. The maximum absolute atomic E-state index is 11.9. The summed E-state index contributed by atoms with van der Waals surface area (Å²) < 4.78 is 0. The zero-order valence-corrected chi connectivity index (χ0v) is 12.4. The van der Waals surface area contributed by atoms with Gasteiger partial charge in [-0.25, -0.2) is 0 Å². The smallest absolute Gasteiger partial charge is 0.234 e. The molecule has 1 aliphatic rings. The molecule has 1 amide bonds. The number of nitrogens with zero attached hydrogens (tertiary/aromatic N) is 1. The summed E-state index contributed by atoms with van der Waals surface area (Å²) in [6.45, 7) is 7.02. The first-order valence-electron chi connectivity index (χ1n) is 6.75. The van der Waals surface area contributed by atoms with Crippen LogP contribution in [0.1, 0.15) is 40.0 Å². The third kappa shape index (κ3) is 4.25. The quantitative estimate of drug-likeness (QED) is 0.796. The number of hydrogen-bond donors (Lipinski definition) is 2. The van der Waals surface area contributed by atoms with Crippen molar-refractivity contribution in [2.24, 2.45) is 11.3 Å². The molecule has 0 saturated heterocycles. The van der Waals surface area contributed by atoms with E-state index < -0.39 is 5.54 Å². The van der Waals surface area contributed by atoms with Crippen molar-refractivity contribution in [3.05, 3.63) is 0 Å². The minimum atomic E-state index is -0.436. The molecular weight excluding hydrogens is 228 g/mol. The fraction of sp³-hybridized carbons (Fsp3) is 0.929. The number of hydrogen-bond acceptors (Lipinski definition) is 3. The maximum Gasteiger partial charge on any atom is 0.234 e. The van der Waals surface area contributed by atoms with Crippen LogP contribution in [0.2, 0.25) is 0 Å². The van der Waals surface area contributed by atoms with Gasteiger partial charge >= 0.3 is 0 Å². The molecule has 0 spiro atoms. The average Bonchev–Trinajstić information content (AvgIpc) is 2.12. The van der Waals surface area contributed by atoms with E-state index in [4.69, 9.17) is 0 Å². The normalized spacial score (nSPS) is 31.4. The second-order valence-electron chi connectivity index (χ2n) is 7.08. The Morgan fingerprint density at radius 1 is 1.39 bits per heavy atom. The molecule has 0 radical (unpaired) electrons. The highest BCUT2D eigenvalue weighted by atomic mass is 16.3. The second kappa shape index (κ2) is 5.57. The first-order valence-corrected chi connectivity index (χ1v) is 6.75. The highest BCUT2D eigenvalue weighted by molar-refractivity contribution is 5.78. The lowest BCUT2D eigenvalue weighted by Crippen LogP contribution is -2.58. The van der Waals surface area contributed by atoms with Crippen molar-refractivity contribution in [2.45, 2.75) is 45.6 Å². The Kier molecular flexibility index (Phi) is 4.78. The van der Waals surface area contributed by atoms with Gasteiger partial charge in [0.25, 0.3) is 0 Å². The number of likely N-dealkylation sites (N-methyl/N-ethyl adjacent to an activating group) is 1. The monoisotopic (exact) mass is 256 g/mol. The van der Waals surface area contributed by atoms with Gasteiger partial charge in [0.1, 0.15) is 0 Å². The van der Waals surface area contributed by atoms with E-state index >= 15 is 0 Å². The van der Waals surface area contributed by atoms with E-state index in [9.17, 15) is 9.90 Å². The lowest BCUT2D eigenvalue weighted by atomic mass is 9.64. The number of carbonyl (C=O) groups excluding carboxylic acids is 1. The van der Waals surface area contributed by atoms with Crippen molar-refractivity contribution >= 4 is 5.91 Å². The summed E-state index contributed by atoms with van der Waals surface area (Å²) in [5.74, 6) is 0.527. The Morgan fingerprint density at radius 2 is 2.00 bits per heavy atom. The Hall–Kier alpha value is -0.610. The van der Waals surface area contributed by atoms with Crippen LogP contribution in [0.25, 0.3) is 0 Å². The number of aliphatic hydroxyl groups is 1. The molecule has 1 rings (SSSR count). The minimum absolute atomic E-state index is 0.000972. The molecule has 0 unspecified atom stereocenters. The number of rotatable bonds is 4. The molecule has 106 valence electrons. The van der Waals surface area contributed by atoms with Gasteiger partial charge in [-0.15, -0.1) is 0 Å². The fourth-order valence-electron chi connectivity index (χ4n) is 3.62. The summed E-state index contributed by atoms with van der Waals surface area (Å²) in [6, 6.07) is 0. The van der Waals surface area contributed by atoms with E-state index in [0.717, 1.165) is 19.3 Å². The third-order valence-electron chi connectivity index (χ3n) is 3.62. The van der Waals surface area contributed by atoms with Gasteiger partial charge in [-0.2, -0.15) is 0 Å². The summed E-state index contributed by atoms with van der Waals surface area (Å²) in [4.78, 5) is 13.8. The van der Waals surface area contributed by atoms with Gasteiger partial charge in [-0.05, 0) is 44.7 Å². The molecule has 0 heterocycles. The molecule has 4 heteroatoms. The Balaban J connectivity index is 2.75. The largest absolute Gasteiger partial charge is 0.394 e. The first-order chi connectivity index (χ1) is 8.18. The van der Waals surface area contributed by atoms with Crippen LogP contribution >= 0.6 is 0 Å². The molecule has 2 atom stereocenters. The maximum atomic E-state index is 11.9. The van der Waals surface area contributed by atoms with E-state index in [1.54, 1.807) is 0 Å². The van der Waals surface area contributed by atoms with Crippen molar-refractivity contribution in [2.75, 3.05) is 27.2 Å². The Morgan fingerprint density at radius 3 is 2.44 bits per heavy atom. The molecule has 1 aliphatic carbocycles. The summed E-state index contributed by atoms with van der Waals surface area (Å²) in [5.41, 5.74) is -0.264. The van der Waals surface area contributed by atoms with Gasteiger partial charge in [0.2, 0.25) is 5.91 Å². The highest BCUT2D eigenvalue weighted by Gasteiger charge is 2.43. The van der Waals surface area contributed by atoms with Crippen LogP contribution in [-0.2, 0) is 4.79 Å². The van der Waals surface area contributed by atoms with Crippen LogP contribution in [0.4, 0.5) is 0 Å². The molecule has 0 aromatic heterocycles. The number of aliphatic hydroxyl groups excluding tert-OH is 1. The van der Waals surface area contributed by atoms with Crippen molar-refractivity contribution in [3.63, 3.8) is 0 Å². The molecule has 2 N–H and O–H groups in total. The lowest BCUT2D eigenvalue weighted by Gasteiger charge is -2.47. The topological polar surface area (TPSA) is 52.6 Å². The van der Waals surface area contributed by atoms with E-state index in [1.807, 2.05) is 19.0 Å². The van der Waals surface area contributed by atoms with Crippen LogP contribution in [0.5, 0.6) is 0 Å². The van der Waals surface area contributed by atoms with Crippen molar-refractivity contribution in [3.8, 4) is 0 Å². The summed E-state index contributed by atoms with van der Waals surface area (Å²) in [7, 11) is 3.75. The van der Waals surface area contributed by atoms with Crippen molar-refractivity contribution in [1.29, 1.82) is 0 Å². The molecule has 1 saturated carbocycles. The SMILES string of the molecule is C[C@H]1CC(C)(C)C[C@](CO)(NC(=O)CN(C)C)C1. The van der Waals surface area contributed by atoms with E-state index in [2.05, 4.69) is 26.1 Å². The van der Waals surface area contributed by atoms with E-state index in [1.165, 1.54) is 0 Å². The van der Waals surface area contributed by atoms with Gasteiger partial charge in [0.05, 0.1) is 18.7 Å². The fourth-order valence-corrected chi connectivity index (χ4v) is 3.62. The van der Waals surface area contributed by atoms with Crippen LogP contribution in [-0.4, -0.2) is 48.7 Å². The average molecular weight is 256 g/mol. The first kappa shape index (κ1) is 15.4. The summed E-state index contributed by atoms with van der Waals surface area (Å²) >= 11 is 0. The second-order valence-corrected chi connectivity index (χ2v) is 7.08. The third-order valence-corrected chi connectivity index (χ3v) is 3.62. The lowest BCUT2D eigenvalue weighted by molar-refractivity contribution is -0.125. The molecule has 18 heavy (non-hydrogen) atoms. The zero-order valence-electron chi connectivity index (χ0n) is 12.4. The molecule has 0 aromatic rings. The van der Waals surface area contributed by atoms with Gasteiger partial charge < -0.3 is 15.3 Å². The molecule has 0 aliphatic heterocycles. The highest BCUT2D eigenvalue weighted by Crippen LogP contribution is 2.43. The predicted octanol–water partition coefficient (Wildman–Crippen LogP) is 1.24. The Bertz CT molecular complexity index is 302. The van der Waals surface area contributed by atoms with Gasteiger partial charge in [0, 0.05) is 0 Å². The van der Waals surface area contributed by atoms with Gasteiger partial charge in [-0.1, -0.05) is 20.8 Å². The molecule has 0 aromatic carbocycles. The standard InChI is InChI=1S/C14H28N2O2/c1-11-6-13(2,3)9-14(7-11,10-17)15-12(18)8-16(4)5/h11,17H,6-10H2,1-5H3,(H,15,18)/t11-,14+/m0/s1. The molecule has 1 fully saturated rings. The van der Waals surface area contributed by atoms with E-state index in [-0.39, 0.29) is 17.9 Å². The minimum Gasteiger partial charge on any atom is -0.394 e.